The zero-order valence-electron chi connectivity index (χ0n) is 11.1. The van der Waals surface area contributed by atoms with Crippen LogP contribution >= 0.6 is 11.6 Å². The quantitative estimate of drug-likeness (QED) is 0.812. The van der Waals surface area contributed by atoms with Gasteiger partial charge in [-0.05, 0) is 50.2 Å². The normalized spacial score (nSPS) is 16.4. The smallest absolute Gasteiger partial charge is 0.251 e. The molecule has 0 saturated heterocycles. The fraction of sp³-hybridized carbons (Fsp3) is 0.533. The van der Waals surface area contributed by atoms with E-state index in [4.69, 9.17) is 11.6 Å². The molecule has 0 spiro atoms. The van der Waals surface area contributed by atoms with E-state index in [1.807, 2.05) is 32.0 Å². The summed E-state index contributed by atoms with van der Waals surface area (Å²) in [6.07, 6.45) is 3.38. The number of hydrogen-bond acceptors (Lipinski definition) is 1. The summed E-state index contributed by atoms with van der Waals surface area (Å²) in [6.45, 7) is 4.73. The van der Waals surface area contributed by atoms with Gasteiger partial charge in [0.25, 0.3) is 5.91 Å². The lowest BCUT2D eigenvalue weighted by molar-refractivity contribution is 0.0943. The lowest BCUT2D eigenvalue weighted by atomic mass is 10.0. The number of alkyl halides is 1. The molecule has 1 aliphatic rings. The Morgan fingerprint density at radius 2 is 2.11 bits per heavy atom. The van der Waals surface area contributed by atoms with Crippen LogP contribution in [0.4, 0.5) is 0 Å². The van der Waals surface area contributed by atoms with Crippen molar-refractivity contribution in [2.24, 2.45) is 5.41 Å². The number of aryl methyl sites for hydroxylation is 2. The first-order chi connectivity index (χ1) is 8.56. The topological polar surface area (TPSA) is 29.1 Å². The standard InChI is InChI=1S/C15H20ClNO/c1-11-3-4-12(2)13(9-11)14(18)17-10-15(5-6-15)7-8-16/h3-4,9H,5-8,10H2,1-2H3,(H,17,18). The van der Waals surface area contributed by atoms with Crippen molar-refractivity contribution in [2.45, 2.75) is 33.1 Å². The van der Waals surface area contributed by atoms with Crippen LogP contribution in [0.15, 0.2) is 18.2 Å². The molecule has 0 aliphatic heterocycles. The van der Waals surface area contributed by atoms with E-state index in [0.717, 1.165) is 29.7 Å². The first-order valence-corrected chi connectivity index (χ1v) is 7.01. The highest BCUT2D eigenvalue weighted by molar-refractivity contribution is 6.17. The lowest BCUT2D eigenvalue weighted by Gasteiger charge is -2.15. The minimum absolute atomic E-state index is 0.0389. The van der Waals surface area contributed by atoms with Gasteiger partial charge in [0, 0.05) is 18.0 Å². The summed E-state index contributed by atoms with van der Waals surface area (Å²) >= 11 is 5.79. The molecule has 0 aromatic heterocycles. The van der Waals surface area contributed by atoms with Crippen LogP contribution in [0.5, 0.6) is 0 Å². The summed E-state index contributed by atoms with van der Waals surface area (Å²) in [6, 6.07) is 5.98. The highest BCUT2D eigenvalue weighted by Crippen LogP contribution is 2.48. The molecule has 0 radical (unpaired) electrons. The predicted molar refractivity (Wildman–Crippen MR) is 75.3 cm³/mol. The molecule has 0 unspecified atom stereocenters. The van der Waals surface area contributed by atoms with Gasteiger partial charge in [-0.1, -0.05) is 17.7 Å². The maximum absolute atomic E-state index is 12.2. The average molecular weight is 266 g/mol. The summed E-state index contributed by atoms with van der Waals surface area (Å²) in [4.78, 5) is 12.2. The molecule has 1 aromatic rings. The molecule has 0 bridgehead atoms. The lowest BCUT2D eigenvalue weighted by Crippen LogP contribution is -2.31. The number of rotatable bonds is 5. The average Bonchev–Trinajstić information content (AvgIpc) is 3.10. The Balaban J connectivity index is 1.98. The van der Waals surface area contributed by atoms with E-state index in [1.165, 1.54) is 12.8 Å². The molecule has 0 heterocycles. The van der Waals surface area contributed by atoms with Gasteiger partial charge in [0.1, 0.15) is 0 Å². The molecule has 0 atom stereocenters. The van der Waals surface area contributed by atoms with Crippen LogP contribution in [0.1, 0.15) is 40.7 Å². The monoisotopic (exact) mass is 265 g/mol. The van der Waals surface area contributed by atoms with E-state index in [9.17, 15) is 4.79 Å². The Labute approximate surface area is 114 Å². The molecular formula is C15H20ClNO. The van der Waals surface area contributed by atoms with Gasteiger partial charge in [0.2, 0.25) is 0 Å². The number of halogens is 1. The van der Waals surface area contributed by atoms with Crippen LogP contribution in [-0.4, -0.2) is 18.3 Å². The molecule has 1 fully saturated rings. The van der Waals surface area contributed by atoms with Crippen LogP contribution in [0.2, 0.25) is 0 Å². The number of nitrogens with one attached hydrogen (secondary N) is 1. The van der Waals surface area contributed by atoms with Crippen LogP contribution in [0.3, 0.4) is 0 Å². The largest absolute Gasteiger partial charge is 0.351 e. The zero-order valence-corrected chi connectivity index (χ0v) is 11.8. The molecule has 18 heavy (non-hydrogen) atoms. The van der Waals surface area contributed by atoms with Crippen molar-refractivity contribution in [1.29, 1.82) is 0 Å². The molecule has 2 rings (SSSR count). The van der Waals surface area contributed by atoms with E-state index in [-0.39, 0.29) is 11.3 Å². The van der Waals surface area contributed by atoms with Crippen LogP contribution in [-0.2, 0) is 0 Å². The van der Waals surface area contributed by atoms with E-state index in [0.29, 0.717) is 5.88 Å². The molecule has 1 amide bonds. The number of carbonyl (C=O) groups excluding carboxylic acids is 1. The van der Waals surface area contributed by atoms with Crippen LogP contribution < -0.4 is 5.32 Å². The zero-order chi connectivity index (χ0) is 13.2. The third kappa shape index (κ3) is 3.05. The number of carbonyl (C=O) groups is 1. The second-order valence-corrected chi connectivity index (χ2v) is 5.82. The Hall–Kier alpha value is -1.02. The second kappa shape index (κ2) is 5.31. The second-order valence-electron chi connectivity index (χ2n) is 5.44. The Bertz CT molecular complexity index is 452. The number of amides is 1. The first-order valence-electron chi connectivity index (χ1n) is 6.48. The first kappa shape index (κ1) is 13.4. The van der Waals surface area contributed by atoms with Crippen molar-refractivity contribution in [3.8, 4) is 0 Å². The van der Waals surface area contributed by atoms with Crippen molar-refractivity contribution >= 4 is 17.5 Å². The molecule has 3 heteroatoms. The maximum atomic E-state index is 12.2. The number of benzene rings is 1. The van der Waals surface area contributed by atoms with Crippen LogP contribution in [0, 0.1) is 19.3 Å². The SMILES string of the molecule is Cc1ccc(C)c(C(=O)NCC2(CCCl)CC2)c1. The molecule has 98 valence electrons. The van der Waals surface area contributed by atoms with Crippen LogP contribution in [0.25, 0.3) is 0 Å². The van der Waals surface area contributed by atoms with Crippen molar-refractivity contribution in [1.82, 2.24) is 5.32 Å². The van der Waals surface area contributed by atoms with Crippen molar-refractivity contribution < 1.29 is 4.79 Å². The summed E-state index contributed by atoms with van der Waals surface area (Å²) in [5, 5.41) is 3.06. The Morgan fingerprint density at radius 1 is 1.39 bits per heavy atom. The van der Waals surface area contributed by atoms with Gasteiger partial charge in [-0.25, -0.2) is 0 Å². The van der Waals surface area contributed by atoms with Gasteiger partial charge in [0.15, 0.2) is 0 Å². The molecule has 1 aliphatic carbocycles. The highest BCUT2D eigenvalue weighted by atomic mass is 35.5. The van der Waals surface area contributed by atoms with Crippen molar-refractivity contribution in [3.63, 3.8) is 0 Å². The molecular weight excluding hydrogens is 246 g/mol. The fourth-order valence-electron chi connectivity index (χ4n) is 2.24. The van der Waals surface area contributed by atoms with E-state index < -0.39 is 0 Å². The third-order valence-electron chi connectivity index (χ3n) is 3.84. The van der Waals surface area contributed by atoms with Gasteiger partial charge < -0.3 is 5.32 Å². The third-order valence-corrected chi connectivity index (χ3v) is 4.03. The molecule has 1 aromatic carbocycles. The Kier molecular flexibility index (Phi) is 3.96. The van der Waals surface area contributed by atoms with Gasteiger partial charge in [-0.2, -0.15) is 0 Å². The van der Waals surface area contributed by atoms with Gasteiger partial charge in [-0.15, -0.1) is 11.6 Å². The number of hydrogen-bond donors (Lipinski definition) is 1. The summed E-state index contributed by atoms with van der Waals surface area (Å²) in [7, 11) is 0. The summed E-state index contributed by atoms with van der Waals surface area (Å²) in [5.74, 6) is 0.719. The van der Waals surface area contributed by atoms with E-state index in [1.54, 1.807) is 0 Å². The van der Waals surface area contributed by atoms with Gasteiger partial charge >= 0.3 is 0 Å². The van der Waals surface area contributed by atoms with Crippen molar-refractivity contribution in [2.75, 3.05) is 12.4 Å². The highest BCUT2D eigenvalue weighted by Gasteiger charge is 2.41. The Morgan fingerprint density at radius 3 is 2.72 bits per heavy atom. The van der Waals surface area contributed by atoms with Gasteiger partial charge in [0.05, 0.1) is 0 Å². The summed E-state index contributed by atoms with van der Waals surface area (Å²) < 4.78 is 0. The fourth-order valence-corrected chi connectivity index (χ4v) is 2.64. The minimum Gasteiger partial charge on any atom is -0.351 e. The van der Waals surface area contributed by atoms with Gasteiger partial charge in [-0.3, -0.25) is 4.79 Å². The van der Waals surface area contributed by atoms with Crippen molar-refractivity contribution in [3.05, 3.63) is 34.9 Å². The van der Waals surface area contributed by atoms with E-state index in [2.05, 4.69) is 5.32 Å². The molecule has 1 saturated carbocycles. The van der Waals surface area contributed by atoms with E-state index >= 15 is 0 Å². The minimum atomic E-state index is 0.0389. The predicted octanol–water partition coefficient (Wildman–Crippen LogP) is 3.44. The molecule has 1 N–H and O–H groups in total. The summed E-state index contributed by atoms with van der Waals surface area (Å²) in [5.41, 5.74) is 3.22. The maximum Gasteiger partial charge on any atom is 0.251 e. The molecule has 2 nitrogen and oxygen atoms in total.